The molecule has 2 aliphatic rings. The molecule has 5 heterocycles. The number of likely N-dealkylation sites (N-methyl/N-ethyl adjacent to an activating group) is 1. The van der Waals surface area contributed by atoms with Crippen LogP contribution in [0.15, 0.2) is 30.3 Å². The van der Waals surface area contributed by atoms with E-state index in [1.807, 2.05) is 24.3 Å². The second-order valence-corrected chi connectivity index (χ2v) is 10.7. The zero-order valence-electron chi connectivity index (χ0n) is 20.0. The quantitative estimate of drug-likeness (QED) is 0.325. The summed E-state index contributed by atoms with van der Waals surface area (Å²) in [5.41, 5.74) is 1.70. The first-order valence-electron chi connectivity index (χ1n) is 12.0. The molecule has 0 bridgehead atoms. The number of amides is 1. The van der Waals surface area contributed by atoms with Crippen molar-refractivity contribution in [3.63, 3.8) is 0 Å². The van der Waals surface area contributed by atoms with Crippen LogP contribution in [0.2, 0.25) is 5.15 Å². The van der Waals surface area contributed by atoms with Gasteiger partial charge in [-0.15, -0.1) is 11.3 Å². The molecule has 0 unspecified atom stereocenters. The van der Waals surface area contributed by atoms with Crippen molar-refractivity contribution in [2.75, 3.05) is 37.3 Å². The standard InChI is InChI=1S/C25H26ClN7O2S/c1-3-13-11-27-22-21-15-4-7-19(29-16(15)5-6-17(21)36-23(22)24(34)28-13)31-20-10-18(26)30-25(32-20)35-14-8-9-33(2)12-14/h4-7,10,13-14,27H,3,8-9,11-12H2,1-2H3,(H,28,34)(H,29,30,31,32)/t13-,14-/m1/s1. The molecular weight excluding hydrogens is 498 g/mol. The highest BCUT2D eigenvalue weighted by molar-refractivity contribution is 7.21. The van der Waals surface area contributed by atoms with E-state index in [9.17, 15) is 4.79 Å². The highest BCUT2D eigenvalue weighted by Crippen LogP contribution is 2.41. The van der Waals surface area contributed by atoms with Gasteiger partial charge in [0.05, 0.1) is 11.2 Å². The monoisotopic (exact) mass is 523 g/mol. The molecule has 3 aromatic heterocycles. The van der Waals surface area contributed by atoms with Crippen LogP contribution in [-0.4, -0.2) is 64.6 Å². The highest BCUT2D eigenvalue weighted by Gasteiger charge is 2.26. The Balaban J connectivity index is 1.30. The van der Waals surface area contributed by atoms with Gasteiger partial charge in [-0.2, -0.15) is 9.97 Å². The maximum absolute atomic E-state index is 12.8. The van der Waals surface area contributed by atoms with Crippen molar-refractivity contribution < 1.29 is 9.53 Å². The van der Waals surface area contributed by atoms with Gasteiger partial charge >= 0.3 is 6.01 Å². The van der Waals surface area contributed by atoms with Gasteiger partial charge in [0, 0.05) is 47.2 Å². The number of thiophene rings is 1. The summed E-state index contributed by atoms with van der Waals surface area (Å²) in [7, 11) is 2.06. The highest BCUT2D eigenvalue weighted by atomic mass is 35.5. The van der Waals surface area contributed by atoms with Crippen LogP contribution >= 0.6 is 22.9 Å². The number of rotatable bonds is 5. The van der Waals surface area contributed by atoms with Crippen molar-refractivity contribution in [3.05, 3.63) is 40.4 Å². The van der Waals surface area contributed by atoms with Crippen molar-refractivity contribution in [2.24, 2.45) is 0 Å². The van der Waals surface area contributed by atoms with Crippen molar-refractivity contribution in [2.45, 2.75) is 31.9 Å². The van der Waals surface area contributed by atoms with E-state index in [-0.39, 0.29) is 24.1 Å². The number of hydrogen-bond acceptors (Lipinski definition) is 9. The van der Waals surface area contributed by atoms with E-state index in [1.165, 1.54) is 11.3 Å². The number of carbonyl (C=O) groups is 1. The van der Waals surface area contributed by atoms with E-state index in [0.717, 1.165) is 52.6 Å². The second-order valence-electron chi connectivity index (χ2n) is 9.24. The van der Waals surface area contributed by atoms with Gasteiger partial charge in [0.1, 0.15) is 27.8 Å². The third-order valence-corrected chi connectivity index (χ3v) is 7.98. The molecule has 9 nitrogen and oxygen atoms in total. The number of pyridine rings is 1. The minimum Gasteiger partial charge on any atom is -0.459 e. The molecule has 1 amide bonds. The molecule has 0 spiro atoms. The Kier molecular flexibility index (Phi) is 6.02. The first kappa shape index (κ1) is 23.2. The third-order valence-electron chi connectivity index (χ3n) is 6.63. The number of hydrogen-bond donors (Lipinski definition) is 3. The molecule has 3 N–H and O–H groups in total. The third kappa shape index (κ3) is 4.40. The van der Waals surface area contributed by atoms with Crippen molar-refractivity contribution in [3.8, 4) is 6.01 Å². The lowest BCUT2D eigenvalue weighted by Crippen LogP contribution is -2.36. The van der Waals surface area contributed by atoms with E-state index in [2.05, 4.69) is 44.8 Å². The number of likely N-dealkylation sites (tertiary alicyclic amines) is 1. The molecule has 1 aromatic carbocycles. The van der Waals surface area contributed by atoms with Gasteiger partial charge in [-0.25, -0.2) is 4.98 Å². The maximum atomic E-state index is 12.8. The summed E-state index contributed by atoms with van der Waals surface area (Å²) in [5, 5.41) is 12.2. The average Bonchev–Trinajstić information content (AvgIpc) is 3.39. The lowest BCUT2D eigenvalue weighted by atomic mass is 10.1. The number of nitrogens with one attached hydrogen (secondary N) is 3. The predicted molar refractivity (Wildman–Crippen MR) is 144 cm³/mol. The van der Waals surface area contributed by atoms with Crippen LogP contribution in [0.3, 0.4) is 0 Å². The van der Waals surface area contributed by atoms with E-state index >= 15 is 0 Å². The molecule has 11 heteroatoms. The molecule has 6 rings (SSSR count). The number of halogens is 1. The zero-order chi connectivity index (χ0) is 24.8. The van der Waals surface area contributed by atoms with Crippen molar-refractivity contribution in [1.29, 1.82) is 0 Å². The van der Waals surface area contributed by atoms with Crippen LogP contribution in [0.1, 0.15) is 29.4 Å². The molecule has 0 radical (unpaired) electrons. The van der Waals surface area contributed by atoms with Gasteiger partial charge in [-0.3, -0.25) is 4.79 Å². The van der Waals surface area contributed by atoms with Crippen molar-refractivity contribution in [1.82, 2.24) is 25.2 Å². The Bertz CT molecular complexity index is 1480. The fourth-order valence-electron chi connectivity index (χ4n) is 4.76. The molecule has 2 atom stereocenters. The fourth-order valence-corrected chi connectivity index (χ4v) is 6.03. The topological polar surface area (TPSA) is 104 Å². The molecule has 2 aliphatic heterocycles. The SMILES string of the molecule is CC[C@@H]1CNc2c(sc3ccc4nc(Nc5cc(Cl)nc(O[C@@H]6CCN(C)C6)n5)ccc4c23)C(=O)N1. The average molecular weight is 524 g/mol. The van der Waals surface area contributed by atoms with E-state index < -0.39 is 0 Å². The van der Waals surface area contributed by atoms with Crippen LogP contribution in [0.4, 0.5) is 17.3 Å². The minimum absolute atomic E-state index is 0.0228. The number of fused-ring (bicyclic) bond motifs is 5. The summed E-state index contributed by atoms with van der Waals surface area (Å²) in [6, 6.07) is 9.93. The molecule has 186 valence electrons. The van der Waals surface area contributed by atoms with Crippen LogP contribution < -0.4 is 20.7 Å². The van der Waals surface area contributed by atoms with Gasteiger partial charge < -0.3 is 25.6 Å². The Morgan fingerprint density at radius 3 is 2.92 bits per heavy atom. The first-order valence-corrected chi connectivity index (χ1v) is 13.2. The van der Waals surface area contributed by atoms with Gasteiger partial charge in [0.2, 0.25) is 0 Å². The summed E-state index contributed by atoms with van der Waals surface area (Å²) in [6.45, 7) is 4.59. The first-order chi connectivity index (χ1) is 17.5. The van der Waals surface area contributed by atoms with Crippen LogP contribution in [0.25, 0.3) is 21.0 Å². The van der Waals surface area contributed by atoms with E-state index in [0.29, 0.717) is 28.2 Å². The van der Waals surface area contributed by atoms with Crippen molar-refractivity contribution >= 4 is 67.2 Å². The molecular formula is C25H26ClN7O2S. The predicted octanol–water partition coefficient (Wildman–Crippen LogP) is 4.65. The molecule has 0 saturated carbocycles. The van der Waals surface area contributed by atoms with Crippen LogP contribution in [0, 0.1) is 0 Å². The van der Waals surface area contributed by atoms with Crippen LogP contribution in [-0.2, 0) is 0 Å². The van der Waals surface area contributed by atoms with E-state index in [1.54, 1.807) is 6.07 Å². The molecule has 1 fully saturated rings. The second kappa shape index (κ2) is 9.34. The molecule has 1 saturated heterocycles. The molecule has 0 aliphatic carbocycles. The van der Waals surface area contributed by atoms with Gasteiger partial charge in [0.25, 0.3) is 5.91 Å². The zero-order valence-corrected chi connectivity index (χ0v) is 21.5. The number of benzene rings is 1. The normalized spacial score (nSPS) is 20.1. The Morgan fingerprint density at radius 2 is 2.11 bits per heavy atom. The Morgan fingerprint density at radius 1 is 1.22 bits per heavy atom. The number of aromatic nitrogens is 3. The largest absolute Gasteiger partial charge is 0.459 e. The minimum atomic E-state index is -0.0228. The number of anilines is 3. The fraction of sp³-hybridized carbons (Fsp3) is 0.360. The lowest BCUT2D eigenvalue weighted by molar-refractivity contribution is 0.0945. The number of nitrogens with zero attached hydrogens (tertiary/aromatic N) is 4. The van der Waals surface area contributed by atoms with Gasteiger partial charge in [-0.1, -0.05) is 18.5 Å². The number of ether oxygens (including phenoxy) is 1. The van der Waals surface area contributed by atoms with Gasteiger partial charge in [0.15, 0.2) is 0 Å². The molecule has 4 aromatic rings. The Hall–Kier alpha value is -3.21. The summed E-state index contributed by atoms with van der Waals surface area (Å²) < 4.78 is 7.01. The molecule has 36 heavy (non-hydrogen) atoms. The van der Waals surface area contributed by atoms with Gasteiger partial charge in [-0.05, 0) is 44.2 Å². The van der Waals surface area contributed by atoms with Crippen LogP contribution in [0.5, 0.6) is 6.01 Å². The summed E-state index contributed by atoms with van der Waals surface area (Å²) in [6.07, 6.45) is 1.85. The summed E-state index contributed by atoms with van der Waals surface area (Å²) >= 11 is 7.76. The number of carbonyl (C=O) groups excluding carboxylic acids is 1. The lowest BCUT2D eigenvalue weighted by Gasteiger charge is -2.14. The smallest absolute Gasteiger partial charge is 0.320 e. The summed E-state index contributed by atoms with van der Waals surface area (Å²) in [5.74, 6) is 1.12. The maximum Gasteiger partial charge on any atom is 0.320 e. The Labute approximate surface area is 217 Å². The summed E-state index contributed by atoms with van der Waals surface area (Å²) in [4.78, 5) is 29.3. The van der Waals surface area contributed by atoms with E-state index in [4.69, 9.17) is 21.3 Å².